The minimum Gasteiger partial charge on any atom is -0.475 e. The van der Waals surface area contributed by atoms with E-state index in [1.807, 2.05) is 0 Å². The monoisotopic (exact) mass is 228 g/mol. The van der Waals surface area contributed by atoms with Crippen molar-refractivity contribution in [3.8, 4) is 0 Å². The maximum atomic E-state index is 9.64. The van der Waals surface area contributed by atoms with Crippen LogP contribution in [0.2, 0.25) is 0 Å². The molecule has 1 radical (unpaired) electrons. The predicted molar refractivity (Wildman–Crippen MR) is 25.3 cm³/mol. The predicted octanol–water partition coefficient (Wildman–Crippen LogP) is -1.12. The molecule has 0 aliphatic carbocycles. The van der Waals surface area contributed by atoms with Crippen LogP contribution in [-0.2, 0) is 36.8 Å². The molecule has 0 spiro atoms. The quantitative estimate of drug-likeness (QED) is 0.312. The molecule has 0 amide bonds. The number of rotatable bonds is 2. The number of carboxylic acids is 2. The van der Waals surface area contributed by atoms with Crippen LogP contribution >= 0.6 is 0 Å². The summed E-state index contributed by atoms with van der Waals surface area (Å²) in [6.45, 7) is 0. The van der Waals surface area contributed by atoms with Crippen LogP contribution in [0, 0.1) is 0 Å². The first kappa shape index (κ1) is 16.1. The molecule has 0 aromatic carbocycles. The van der Waals surface area contributed by atoms with Gasteiger partial charge < -0.3 is 16.4 Å². The van der Waals surface area contributed by atoms with E-state index in [0.717, 1.165) is 0 Å². The fourth-order valence-corrected chi connectivity index (χ4v) is 0.0915. The van der Waals surface area contributed by atoms with Gasteiger partial charge in [-0.3, -0.25) is 4.79 Å². The van der Waals surface area contributed by atoms with Crippen molar-refractivity contribution in [2.24, 2.45) is 0 Å². The Morgan fingerprint density at radius 1 is 0.900 bits per heavy atom. The van der Waals surface area contributed by atoms with Gasteiger partial charge in [0.05, 0.1) is 0 Å². The van der Waals surface area contributed by atoms with Gasteiger partial charge in [-0.2, -0.15) is 0 Å². The number of Topliss-reactive ketones (excluding diaryl/α,β-unsaturated/α-hetero) is 1. The van der Waals surface area contributed by atoms with E-state index in [2.05, 4.69) is 0 Å². The Morgan fingerprint density at radius 3 is 1.10 bits per heavy atom. The van der Waals surface area contributed by atoms with E-state index in [9.17, 15) is 14.4 Å². The zero-order valence-corrected chi connectivity index (χ0v) is 6.97. The molecular formula is C3H5NNbO5. The van der Waals surface area contributed by atoms with Gasteiger partial charge in [0.1, 0.15) is 0 Å². The summed E-state index contributed by atoms with van der Waals surface area (Å²) in [6.07, 6.45) is 0. The van der Waals surface area contributed by atoms with Crippen LogP contribution in [0.15, 0.2) is 0 Å². The molecule has 10 heavy (non-hydrogen) atoms. The van der Waals surface area contributed by atoms with Gasteiger partial charge in [0, 0.05) is 22.4 Å². The van der Waals surface area contributed by atoms with Gasteiger partial charge in [-0.25, -0.2) is 9.59 Å². The summed E-state index contributed by atoms with van der Waals surface area (Å²) in [4.78, 5) is 28.5. The molecule has 0 rings (SSSR count). The maximum absolute atomic E-state index is 9.64. The minimum absolute atomic E-state index is 0. The van der Waals surface area contributed by atoms with Crippen LogP contribution in [0.4, 0.5) is 0 Å². The van der Waals surface area contributed by atoms with E-state index in [4.69, 9.17) is 10.2 Å². The van der Waals surface area contributed by atoms with Crippen molar-refractivity contribution in [1.82, 2.24) is 6.15 Å². The van der Waals surface area contributed by atoms with Crippen molar-refractivity contribution in [1.29, 1.82) is 0 Å². The second-order valence-corrected chi connectivity index (χ2v) is 0.939. The Balaban J connectivity index is -0.000000245. The molecule has 0 aliphatic rings. The fourth-order valence-electron chi connectivity index (χ4n) is 0.0915. The summed E-state index contributed by atoms with van der Waals surface area (Å²) < 4.78 is 0. The van der Waals surface area contributed by atoms with Crippen molar-refractivity contribution in [3.63, 3.8) is 0 Å². The second kappa shape index (κ2) is 6.43. The average molecular weight is 228 g/mol. The van der Waals surface area contributed by atoms with Gasteiger partial charge in [-0.05, 0) is 0 Å². The van der Waals surface area contributed by atoms with Gasteiger partial charge in [-0.15, -0.1) is 0 Å². The van der Waals surface area contributed by atoms with Crippen LogP contribution in [0.3, 0.4) is 0 Å². The number of aliphatic carboxylic acids is 2. The van der Waals surface area contributed by atoms with Crippen LogP contribution in [-0.4, -0.2) is 27.9 Å². The number of ketones is 1. The summed E-state index contributed by atoms with van der Waals surface area (Å²) in [5.74, 6) is -5.71. The maximum Gasteiger partial charge on any atom is 0.384 e. The topological polar surface area (TPSA) is 127 Å². The Hall–Kier alpha value is -0.690. The molecule has 0 fully saturated rings. The third kappa shape index (κ3) is 5.45. The van der Waals surface area contributed by atoms with E-state index < -0.39 is 17.7 Å². The largest absolute Gasteiger partial charge is 0.475 e. The third-order valence-electron chi connectivity index (χ3n) is 0.388. The number of carbonyl (C=O) groups is 3. The van der Waals surface area contributed by atoms with Crippen molar-refractivity contribution in [2.45, 2.75) is 0 Å². The van der Waals surface area contributed by atoms with Crippen molar-refractivity contribution < 1.29 is 47.0 Å². The van der Waals surface area contributed by atoms with E-state index in [0.29, 0.717) is 0 Å². The molecule has 5 N–H and O–H groups in total. The normalized spacial score (nSPS) is 6.40. The molecule has 0 atom stereocenters. The SMILES string of the molecule is N.O=C(O)C(=O)C(=O)O.[Nb]. The zero-order chi connectivity index (χ0) is 6.73. The van der Waals surface area contributed by atoms with Gasteiger partial charge in [0.25, 0.3) is 0 Å². The molecule has 0 saturated heterocycles. The van der Waals surface area contributed by atoms with E-state index in [1.54, 1.807) is 0 Å². The first-order chi connectivity index (χ1) is 3.55. The molecule has 0 heterocycles. The summed E-state index contributed by atoms with van der Waals surface area (Å²) in [7, 11) is 0. The minimum atomic E-state index is -1.95. The zero-order valence-electron chi connectivity index (χ0n) is 4.77. The van der Waals surface area contributed by atoms with Crippen molar-refractivity contribution in [3.05, 3.63) is 0 Å². The standard InChI is InChI=1S/C3H2O5.H3N.Nb/c4-1(2(5)6)3(7)8;;/h(H,5,6)(H,7,8);1H3;. The molecular weight excluding hydrogens is 223 g/mol. The smallest absolute Gasteiger partial charge is 0.384 e. The van der Waals surface area contributed by atoms with Crippen LogP contribution < -0.4 is 6.15 Å². The molecule has 0 bridgehead atoms. The Bertz CT molecular complexity index is 139. The average Bonchev–Trinajstić information content (AvgIpc) is 1.64. The summed E-state index contributed by atoms with van der Waals surface area (Å²) in [5, 5.41) is 15.2. The number of hydrogen-bond donors (Lipinski definition) is 3. The molecule has 6 nitrogen and oxygen atoms in total. The second-order valence-electron chi connectivity index (χ2n) is 0.939. The van der Waals surface area contributed by atoms with Gasteiger partial charge in [0.15, 0.2) is 0 Å². The Labute approximate surface area is 71.3 Å². The molecule has 0 aromatic rings. The van der Waals surface area contributed by atoms with Crippen LogP contribution in [0.1, 0.15) is 0 Å². The first-order valence-corrected chi connectivity index (χ1v) is 1.56. The van der Waals surface area contributed by atoms with Crippen molar-refractivity contribution in [2.75, 3.05) is 0 Å². The van der Waals surface area contributed by atoms with Crippen LogP contribution in [0.5, 0.6) is 0 Å². The van der Waals surface area contributed by atoms with Gasteiger partial charge in [-0.1, -0.05) is 0 Å². The van der Waals surface area contributed by atoms with E-state index in [1.165, 1.54) is 0 Å². The fraction of sp³-hybridized carbons (Fsp3) is 0. The van der Waals surface area contributed by atoms with Crippen LogP contribution in [0.25, 0.3) is 0 Å². The molecule has 0 aliphatic heterocycles. The summed E-state index contributed by atoms with van der Waals surface area (Å²) in [6, 6.07) is 0. The van der Waals surface area contributed by atoms with Crippen molar-refractivity contribution >= 4 is 17.7 Å². The first-order valence-electron chi connectivity index (χ1n) is 1.56. The molecule has 0 saturated carbocycles. The summed E-state index contributed by atoms with van der Waals surface area (Å²) in [5.41, 5.74) is 0. The molecule has 57 valence electrons. The van der Waals surface area contributed by atoms with Gasteiger partial charge in [0.2, 0.25) is 0 Å². The number of carbonyl (C=O) groups excluding carboxylic acids is 1. The number of hydrogen-bond acceptors (Lipinski definition) is 4. The van der Waals surface area contributed by atoms with E-state index in [-0.39, 0.29) is 28.5 Å². The summed E-state index contributed by atoms with van der Waals surface area (Å²) >= 11 is 0. The van der Waals surface area contributed by atoms with Gasteiger partial charge >= 0.3 is 17.7 Å². The Morgan fingerprint density at radius 2 is 1.10 bits per heavy atom. The third-order valence-corrected chi connectivity index (χ3v) is 0.388. The molecule has 0 unspecified atom stereocenters. The Kier molecular flexibility index (Phi) is 10.4. The molecule has 7 heteroatoms. The van der Waals surface area contributed by atoms with E-state index >= 15 is 0 Å². The molecule has 0 aromatic heterocycles. The number of carboxylic acid groups (broad SMARTS) is 2.